The molecule has 2 aliphatic carbocycles. The van der Waals surface area contributed by atoms with Crippen molar-refractivity contribution in [3.8, 4) is 0 Å². The van der Waals surface area contributed by atoms with Crippen molar-refractivity contribution in [2.45, 2.75) is 115 Å². The summed E-state index contributed by atoms with van der Waals surface area (Å²) in [7, 11) is 0. The van der Waals surface area contributed by atoms with E-state index in [1.54, 1.807) is 16.9 Å². The Kier molecular flexibility index (Phi) is 12.0. The third-order valence-electron chi connectivity index (χ3n) is 10.6. The molecule has 2 saturated carbocycles. The Morgan fingerprint density at radius 3 is 2.14 bits per heavy atom. The molecule has 49 heavy (non-hydrogen) atoms. The summed E-state index contributed by atoms with van der Waals surface area (Å²) < 4.78 is 63.2. The first-order valence-electron chi connectivity index (χ1n) is 17.8. The summed E-state index contributed by atoms with van der Waals surface area (Å²) in [5.74, 6) is -3.32. The van der Waals surface area contributed by atoms with Crippen LogP contribution in [0.25, 0.3) is 0 Å². The summed E-state index contributed by atoms with van der Waals surface area (Å²) in [6.45, 7) is 4.36. The van der Waals surface area contributed by atoms with E-state index in [4.69, 9.17) is 4.74 Å². The number of rotatable bonds is 10. The first-order valence-corrected chi connectivity index (χ1v) is 17.8. The first-order chi connectivity index (χ1) is 23.4. The highest BCUT2D eigenvalue weighted by molar-refractivity contribution is 6.01. The lowest BCUT2D eigenvalue weighted by Gasteiger charge is -2.42. The number of amides is 3. The number of hydrogen-bond acceptors (Lipinski definition) is 5. The number of nitrogens with one attached hydrogen (secondary N) is 2. The number of ether oxygens (including phenoxy) is 1. The maximum Gasteiger partial charge on any atom is 0.411 e. The SMILES string of the molecule is CC(C)n1nccc1C(=O)N[C@H](C(=O)Nc1ccc([C@H](C)C(=O)N2CCOCC2C(F)(F)F)cc1F)C(C1CCCCC1)C1CCCCC1. The number of nitrogens with zero attached hydrogens (tertiary/aromatic N) is 3. The lowest BCUT2D eigenvalue weighted by molar-refractivity contribution is -0.213. The Balaban J connectivity index is 1.40. The summed E-state index contributed by atoms with van der Waals surface area (Å²) in [6, 6.07) is 2.38. The Hall–Kier alpha value is -3.48. The monoisotopic (exact) mass is 691 g/mol. The van der Waals surface area contributed by atoms with Crippen LogP contribution < -0.4 is 10.6 Å². The molecule has 1 saturated heterocycles. The molecule has 2 heterocycles. The Morgan fingerprint density at radius 1 is 0.939 bits per heavy atom. The number of halogens is 4. The van der Waals surface area contributed by atoms with E-state index in [1.807, 2.05) is 13.8 Å². The quantitative estimate of drug-likeness (QED) is 0.261. The first kappa shape index (κ1) is 36.8. The van der Waals surface area contributed by atoms with Crippen molar-refractivity contribution in [1.82, 2.24) is 20.0 Å². The zero-order chi connectivity index (χ0) is 35.3. The van der Waals surface area contributed by atoms with E-state index < -0.39 is 54.3 Å². The van der Waals surface area contributed by atoms with Gasteiger partial charge in [0.05, 0.1) is 24.8 Å². The van der Waals surface area contributed by atoms with Crippen molar-refractivity contribution >= 4 is 23.4 Å². The molecule has 13 heteroatoms. The molecule has 3 aliphatic rings. The van der Waals surface area contributed by atoms with Gasteiger partial charge in [0.2, 0.25) is 11.8 Å². The molecule has 270 valence electrons. The van der Waals surface area contributed by atoms with Crippen LogP contribution in [-0.4, -0.2) is 70.4 Å². The lowest BCUT2D eigenvalue weighted by atomic mass is 9.66. The lowest BCUT2D eigenvalue weighted by Crippen LogP contribution is -2.56. The fourth-order valence-corrected chi connectivity index (χ4v) is 8.07. The Bertz CT molecular complexity index is 1430. The van der Waals surface area contributed by atoms with E-state index in [0.717, 1.165) is 75.2 Å². The van der Waals surface area contributed by atoms with Crippen LogP contribution in [0.2, 0.25) is 0 Å². The van der Waals surface area contributed by atoms with E-state index in [9.17, 15) is 27.6 Å². The second-order valence-electron chi connectivity index (χ2n) is 14.2. The average Bonchev–Trinajstić information content (AvgIpc) is 3.60. The minimum atomic E-state index is -4.66. The summed E-state index contributed by atoms with van der Waals surface area (Å²) in [5, 5.41) is 10.1. The van der Waals surface area contributed by atoms with Crippen LogP contribution in [0.5, 0.6) is 0 Å². The number of alkyl halides is 3. The fourth-order valence-electron chi connectivity index (χ4n) is 8.07. The predicted molar refractivity (Wildman–Crippen MR) is 176 cm³/mol. The molecule has 0 radical (unpaired) electrons. The van der Waals surface area contributed by atoms with Crippen molar-refractivity contribution in [2.75, 3.05) is 25.1 Å². The third kappa shape index (κ3) is 8.64. The van der Waals surface area contributed by atoms with Crippen LogP contribution in [-0.2, 0) is 14.3 Å². The van der Waals surface area contributed by atoms with Gasteiger partial charge in [-0.3, -0.25) is 19.1 Å². The normalized spacial score (nSPS) is 21.1. The van der Waals surface area contributed by atoms with Crippen molar-refractivity contribution < 1.29 is 36.7 Å². The highest BCUT2D eigenvalue weighted by Crippen LogP contribution is 2.42. The second-order valence-corrected chi connectivity index (χ2v) is 14.2. The Labute approximate surface area is 285 Å². The summed E-state index contributed by atoms with van der Waals surface area (Å²) in [5.41, 5.74) is 0.383. The summed E-state index contributed by atoms with van der Waals surface area (Å²) >= 11 is 0. The van der Waals surface area contributed by atoms with Gasteiger partial charge in [-0.1, -0.05) is 70.3 Å². The molecule has 3 atom stereocenters. The minimum absolute atomic E-state index is 0.0232. The molecule has 3 amide bonds. The van der Waals surface area contributed by atoms with Crippen molar-refractivity contribution in [3.05, 3.63) is 47.5 Å². The molecule has 3 fully saturated rings. The standard InChI is InChI=1S/C36H49F4N5O4/c1-22(2)45-29(16-17-41-45)33(46)43-32(31(24-10-6-4-7-11-24)25-12-8-5-9-13-25)34(47)42-28-15-14-26(20-27(28)37)23(3)35(48)44-18-19-49-21-30(44)36(38,39)40/h14-17,20,22-25,30-32H,4-13,18-19,21H2,1-3H3,(H,42,47)(H,43,46)/t23-,30?,32-/m0/s1. The van der Waals surface area contributed by atoms with Gasteiger partial charge in [0.1, 0.15) is 17.6 Å². The van der Waals surface area contributed by atoms with E-state index in [-0.39, 0.29) is 48.2 Å². The van der Waals surface area contributed by atoms with Gasteiger partial charge in [0.25, 0.3) is 5.91 Å². The van der Waals surface area contributed by atoms with Crippen LogP contribution in [0.3, 0.4) is 0 Å². The topological polar surface area (TPSA) is 106 Å². The molecule has 1 aliphatic heterocycles. The molecule has 1 unspecified atom stereocenters. The maximum absolute atomic E-state index is 15.7. The molecular formula is C36H49F4N5O4. The average molecular weight is 692 g/mol. The molecule has 2 N–H and O–H groups in total. The number of carbonyl (C=O) groups excluding carboxylic acids is 3. The summed E-state index contributed by atoms with van der Waals surface area (Å²) in [6.07, 6.45) is 7.19. The van der Waals surface area contributed by atoms with Gasteiger partial charge in [-0.05, 0) is 62.3 Å². The molecule has 1 aromatic heterocycles. The number of hydrogen-bond donors (Lipinski definition) is 2. The number of carbonyl (C=O) groups is 3. The van der Waals surface area contributed by atoms with Crippen LogP contribution >= 0.6 is 0 Å². The highest BCUT2D eigenvalue weighted by Gasteiger charge is 2.48. The zero-order valence-corrected chi connectivity index (χ0v) is 28.6. The van der Waals surface area contributed by atoms with E-state index in [0.29, 0.717) is 5.69 Å². The molecular weight excluding hydrogens is 642 g/mol. The van der Waals surface area contributed by atoms with Gasteiger partial charge in [0.15, 0.2) is 6.04 Å². The van der Waals surface area contributed by atoms with Crippen LogP contribution in [0, 0.1) is 23.6 Å². The van der Waals surface area contributed by atoms with Gasteiger partial charge in [-0.2, -0.15) is 18.3 Å². The third-order valence-corrected chi connectivity index (χ3v) is 10.6. The summed E-state index contributed by atoms with van der Waals surface area (Å²) in [4.78, 5) is 42.0. The van der Waals surface area contributed by atoms with E-state index in [1.165, 1.54) is 19.1 Å². The predicted octanol–water partition coefficient (Wildman–Crippen LogP) is 7.01. The van der Waals surface area contributed by atoms with E-state index >= 15 is 4.39 Å². The molecule has 2 aromatic rings. The Morgan fingerprint density at radius 2 is 1.57 bits per heavy atom. The van der Waals surface area contributed by atoms with Gasteiger partial charge in [-0.25, -0.2) is 4.39 Å². The van der Waals surface area contributed by atoms with Gasteiger partial charge in [0, 0.05) is 18.8 Å². The van der Waals surface area contributed by atoms with E-state index in [2.05, 4.69) is 15.7 Å². The van der Waals surface area contributed by atoms with Crippen molar-refractivity contribution in [3.63, 3.8) is 0 Å². The zero-order valence-electron chi connectivity index (χ0n) is 28.6. The van der Waals surface area contributed by atoms with Crippen molar-refractivity contribution in [1.29, 1.82) is 0 Å². The van der Waals surface area contributed by atoms with Crippen molar-refractivity contribution in [2.24, 2.45) is 17.8 Å². The molecule has 1 aromatic carbocycles. The number of benzene rings is 1. The van der Waals surface area contributed by atoms with Crippen LogP contribution in [0.15, 0.2) is 30.5 Å². The van der Waals surface area contributed by atoms with Gasteiger partial charge >= 0.3 is 6.18 Å². The smallest absolute Gasteiger partial charge is 0.377 e. The maximum atomic E-state index is 15.7. The molecule has 5 rings (SSSR count). The minimum Gasteiger partial charge on any atom is -0.377 e. The fraction of sp³-hybridized carbons (Fsp3) is 0.667. The molecule has 0 bridgehead atoms. The van der Waals surface area contributed by atoms with Gasteiger partial charge < -0.3 is 20.3 Å². The second kappa shape index (κ2) is 16.0. The molecule has 9 nitrogen and oxygen atoms in total. The van der Waals surface area contributed by atoms with Crippen LogP contribution in [0.4, 0.5) is 23.2 Å². The number of morpholine rings is 1. The largest absolute Gasteiger partial charge is 0.411 e. The highest BCUT2D eigenvalue weighted by atomic mass is 19.4. The van der Waals surface area contributed by atoms with Gasteiger partial charge in [-0.15, -0.1) is 0 Å². The molecule has 0 spiro atoms. The van der Waals surface area contributed by atoms with Crippen LogP contribution in [0.1, 0.15) is 113 Å². The number of aromatic nitrogens is 2. The number of anilines is 1.